The maximum Gasteiger partial charge on any atom is 0.420 e. The number of oxazole rings is 1. The van der Waals surface area contributed by atoms with Gasteiger partial charge in [-0.05, 0) is 43.9 Å². The number of hydrogen-bond donors (Lipinski definition) is 0. The van der Waals surface area contributed by atoms with E-state index in [-0.39, 0.29) is 23.8 Å². The van der Waals surface area contributed by atoms with Crippen LogP contribution in [0.5, 0.6) is 0 Å². The number of amides is 1. The van der Waals surface area contributed by atoms with Crippen molar-refractivity contribution in [2.45, 2.75) is 37.8 Å². The first-order chi connectivity index (χ1) is 11.6. The number of ether oxygens (including phenoxy) is 1. The summed E-state index contributed by atoms with van der Waals surface area (Å²) in [5.41, 5.74) is 1.26. The van der Waals surface area contributed by atoms with E-state index in [4.69, 9.17) is 20.8 Å². The third-order valence-corrected chi connectivity index (χ3v) is 5.16. The Bertz CT molecular complexity index is 814. The monoisotopic (exact) mass is 350 g/mol. The SMILES string of the molecule is O=C(C1CCCO1)N1CCC(n2c(=O)oc3ccc(Cl)cc32)CC1. The Morgan fingerprint density at radius 3 is 2.71 bits per heavy atom. The van der Waals surface area contributed by atoms with Crippen LogP contribution in [-0.4, -0.2) is 41.2 Å². The number of carbonyl (C=O) groups is 1. The lowest BCUT2D eigenvalue weighted by Gasteiger charge is -2.33. The van der Waals surface area contributed by atoms with Crippen LogP contribution in [0.3, 0.4) is 0 Å². The number of likely N-dealkylation sites (tertiary alicyclic amines) is 1. The second kappa shape index (κ2) is 6.26. The molecule has 2 fully saturated rings. The molecule has 2 aliphatic rings. The van der Waals surface area contributed by atoms with Crippen molar-refractivity contribution in [3.63, 3.8) is 0 Å². The van der Waals surface area contributed by atoms with Crippen molar-refractivity contribution in [3.05, 3.63) is 33.8 Å². The van der Waals surface area contributed by atoms with E-state index >= 15 is 0 Å². The minimum atomic E-state index is -0.365. The third kappa shape index (κ3) is 2.74. The Kier molecular flexibility index (Phi) is 4.10. The molecule has 0 saturated carbocycles. The van der Waals surface area contributed by atoms with Gasteiger partial charge in [-0.1, -0.05) is 11.6 Å². The maximum absolute atomic E-state index is 12.4. The zero-order valence-corrected chi connectivity index (χ0v) is 14.0. The predicted octanol–water partition coefficient (Wildman–Crippen LogP) is 2.59. The second-order valence-electron chi connectivity index (χ2n) is 6.41. The van der Waals surface area contributed by atoms with Crippen molar-refractivity contribution in [2.24, 2.45) is 0 Å². The van der Waals surface area contributed by atoms with Gasteiger partial charge >= 0.3 is 5.76 Å². The highest BCUT2D eigenvalue weighted by Gasteiger charge is 2.32. The van der Waals surface area contributed by atoms with Crippen LogP contribution < -0.4 is 5.76 Å². The molecule has 0 radical (unpaired) electrons. The Balaban J connectivity index is 1.52. The quantitative estimate of drug-likeness (QED) is 0.835. The third-order valence-electron chi connectivity index (χ3n) is 4.92. The average molecular weight is 351 g/mol. The first-order valence-corrected chi connectivity index (χ1v) is 8.72. The van der Waals surface area contributed by atoms with Gasteiger partial charge in [0.05, 0.1) is 5.52 Å². The summed E-state index contributed by atoms with van der Waals surface area (Å²) in [5, 5.41) is 0.572. The fourth-order valence-corrected chi connectivity index (χ4v) is 3.84. The van der Waals surface area contributed by atoms with E-state index in [1.54, 1.807) is 22.8 Å². The number of piperidine rings is 1. The molecule has 0 spiro atoms. The molecule has 7 heteroatoms. The summed E-state index contributed by atoms with van der Waals surface area (Å²) in [7, 11) is 0. The number of fused-ring (bicyclic) bond motifs is 1. The summed E-state index contributed by atoms with van der Waals surface area (Å²) >= 11 is 6.05. The fraction of sp³-hybridized carbons (Fsp3) is 0.529. The van der Waals surface area contributed by atoms with Gasteiger partial charge in [0, 0.05) is 30.8 Å². The van der Waals surface area contributed by atoms with Crippen molar-refractivity contribution in [3.8, 4) is 0 Å². The highest BCUT2D eigenvalue weighted by atomic mass is 35.5. The average Bonchev–Trinajstić information content (AvgIpc) is 3.21. The Hall–Kier alpha value is -1.79. The van der Waals surface area contributed by atoms with Crippen LogP contribution in [0.1, 0.15) is 31.7 Å². The highest BCUT2D eigenvalue weighted by molar-refractivity contribution is 6.31. The van der Waals surface area contributed by atoms with Crippen molar-refractivity contribution < 1.29 is 13.9 Å². The van der Waals surface area contributed by atoms with E-state index in [1.165, 1.54) is 0 Å². The van der Waals surface area contributed by atoms with Crippen LogP contribution in [0.25, 0.3) is 11.1 Å². The van der Waals surface area contributed by atoms with Crippen LogP contribution in [0.2, 0.25) is 5.02 Å². The van der Waals surface area contributed by atoms with E-state index in [2.05, 4.69) is 0 Å². The molecule has 1 aromatic carbocycles. The molecule has 24 heavy (non-hydrogen) atoms. The first-order valence-electron chi connectivity index (χ1n) is 8.34. The molecule has 1 atom stereocenters. The van der Waals surface area contributed by atoms with Gasteiger partial charge in [-0.2, -0.15) is 0 Å². The molecule has 0 N–H and O–H groups in total. The zero-order chi connectivity index (χ0) is 16.7. The second-order valence-corrected chi connectivity index (χ2v) is 6.84. The molecule has 1 amide bonds. The van der Waals surface area contributed by atoms with Gasteiger partial charge in [-0.25, -0.2) is 4.79 Å². The molecule has 2 aliphatic heterocycles. The molecular weight excluding hydrogens is 332 g/mol. The van der Waals surface area contributed by atoms with Crippen molar-refractivity contribution in [2.75, 3.05) is 19.7 Å². The van der Waals surface area contributed by atoms with Gasteiger partial charge in [0.2, 0.25) is 0 Å². The van der Waals surface area contributed by atoms with Crippen molar-refractivity contribution >= 4 is 28.6 Å². The molecule has 1 aromatic heterocycles. The van der Waals surface area contributed by atoms with Crippen molar-refractivity contribution in [1.82, 2.24) is 9.47 Å². The fourth-order valence-electron chi connectivity index (χ4n) is 3.67. The number of carbonyl (C=O) groups excluding carboxylic acids is 1. The lowest BCUT2D eigenvalue weighted by atomic mass is 10.0. The topological polar surface area (TPSA) is 64.7 Å². The smallest absolute Gasteiger partial charge is 0.408 e. The first kappa shape index (κ1) is 15.7. The molecule has 0 aliphatic carbocycles. The maximum atomic E-state index is 12.4. The standard InChI is InChI=1S/C17H19ClN2O4/c18-11-3-4-14-13(10-11)20(17(22)24-14)12-5-7-19(8-6-12)16(21)15-2-1-9-23-15/h3-4,10,12,15H,1-2,5-9H2. The Morgan fingerprint density at radius 2 is 2.00 bits per heavy atom. The number of halogens is 1. The molecule has 1 unspecified atom stereocenters. The van der Waals surface area contributed by atoms with Gasteiger partial charge in [0.15, 0.2) is 5.58 Å². The molecule has 0 bridgehead atoms. The number of aromatic nitrogens is 1. The van der Waals surface area contributed by atoms with Gasteiger partial charge < -0.3 is 14.1 Å². The van der Waals surface area contributed by atoms with E-state index < -0.39 is 0 Å². The molecule has 3 heterocycles. The summed E-state index contributed by atoms with van der Waals surface area (Å²) in [6.45, 7) is 1.93. The molecule has 6 nitrogen and oxygen atoms in total. The zero-order valence-electron chi connectivity index (χ0n) is 13.2. The van der Waals surface area contributed by atoms with Crippen LogP contribution in [0.15, 0.2) is 27.4 Å². The largest absolute Gasteiger partial charge is 0.420 e. The van der Waals surface area contributed by atoms with Gasteiger partial charge in [-0.15, -0.1) is 0 Å². The molecule has 2 aromatic rings. The Morgan fingerprint density at radius 1 is 1.21 bits per heavy atom. The van der Waals surface area contributed by atoms with Crippen LogP contribution in [0, 0.1) is 0 Å². The predicted molar refractivity (Wildman–Crippen MR) is 89.3 cm³/mol. The number of hydrogen-bond acceptors (Lipinski definition) is 4. The minimum Gasteiger partial charge on any atom is -0.408 e. The van der Waals surface area contributed by atoms with Gasteiger partial charge in [0.25, 0.3) is 5.91 Å². The van der Waals surface area contributed by atoms with E-state index in [9.17, 15) is 9.59 Å². The van der Waals surface area contributed by atoms with E-state index in [0.717, 1.165) is 31.2 Å². The normalized spacial score (nSPS) is 22.4. The lowest BCUT2D eigenvalue weighted by molar-refractivity contribution is -0.142. The summed E-state index contributed by atoms with van der Waals surface area (Å²) < 4.78 is 12.5. The number of nitrogens with zero attached hydrogens (tertiary/aromatic N) is 2. The van der Waals surface area contributed by atoms with E-state index in [1.807, 2.05) is 4.90 Å². The van der Waals surface area contributed by atoms with Gasteiger partial charge in [-0.3, -0.25) is 9.36 Å². The molecule has 128 valence electrons. The molecule has 2 saturated heterocycles. The molecule has 4 rings (SSSR count). The molecular formula is C17H19ClN2O4. The highest BCUT2D eigenvalue weighted by Crippen LogP contribution is 2.28. The van der Waals surface area contributed by atoms with Crippen molar-refractivity contribution in [1.29, 1.82) is 0 Å². The number of benzene rings is 1. The summed E-state index contributed by atoms with van der Waals surface area (Å²) in [6, 6.07) is 5.20. The van der Waals surface area contributed by atoms with Crippen LogP contribution >= 0.6 is 11.6 Å². The number of rotatable bonds is 2. The summed E-state index contributed by atoms with van der Waals surface area (Å²) in [4.78, 5) is 26.5. The minimum absolute atomic E-state index is 0.0192. The summed E-state index contributed by atoms with van der Waals surface area (Å²) in [6.07, 6.45) is 2.92. The van der Waals surface area contributed by atoms with E-state index in [0.29, 0.717) is 30.3 Å². The van der Waals surface area contributed by atoms with Crippen LogP contribution in [0.4, 0.5) is 0 Å². The summed E-state index contributed by atoms with van der Waals surface area (Å²) in [5.74, 6) is -0.283. The van der Waals surface area contributed by atoms with Crippen LogP contribution in [-0.2, 0) is 9.53 Å². The van der Waals surface area contributed by atoms with Gasteiger partial charge in [0.1, 0.15) is 6.10 Å². The Labute approximate surface area is 143 Å². The lowest BCUT2D eigenvalue weighted by Crippen LogP contribution is -2.44.